The van der Waals surface area contributed by atoms with Crippen LogP contribution >= 0.6 is 34.2 Å². The molecule has 1 heterocycles. The molecule has 1 rings (SSSR count). The molecule has 0 aliphatic rings. The minimum atomic E-state index is -2.71. The Morgan fingerprint density at radius 1 is 1.62 bits per heavy atom. The van der Waals surface area contributed by atoms with Gasteiger partial charge in [-0.15, -0.1) is 11.6 Å². The molecule has 1 aromatic heterocycles. The van der Waals surface area contributed by atoms with Crippen LogP contribution in [0.5, 0.6) is 0 Å². The van der Waals surface area contributed by atoms with Crippen molar-refractivity contribution in [1.82, 2.24) is 4.98 Å². The van der Waals surface area contributed by atoms with E-state index in [-0.39, 0.29) is 23.6 Å². The summed E-state index contributed by atoms with van der Waals surface area (Å²) in [6.07, 6.45) is -1.80. The van der Waals surface area contributed by atoms with Crippen LogP contribution in [0.15, 0.2) is 6.20 Å². The van der Waals surface area contributed by atoms with Crippen molar-refractivity contribution in [1.29, 1.82) is 0 Å². The smallest absolute Gasteiger partial charge is 0.307 e. The highest BCUT2D eigenvalue weighted by Gasteiger charge is 2.19. The van der Waals surface area contributed by atoms with Crippen LogP contribution in [0.1, 0.15) is 23.2 Å². The predicted molar refractivity (Wildman–Crippen MR) is 62.8 cm³/mol. The minimum absolute atomic E-state index is 0.113. The van der Waals surface area contributed by atoms with E-state index >= 15 is 0 Å². The van der Waals surface area contributed by atoms with E-state index in [1.165, 1.54) is 0 Å². The van der Waals surface area contributed by atoms with E-state index in [0.717, 1.165) is 6.20 Å². The van der Waals surface area contributed by atoms with Crippen molar-refractivity contribution >= 4 is 40.2 Å². The summed E-state index contributed by atoms with van der Waals surface area (Å²) in [5.41, 5.74) is 0.220. The Labute approximate surface area is 109 Å². The molecule has 0 radical (unpaired) electrons. The van der Waals surface area contributed by atoms with Crippen molar-refractivity contribution in [2.75, 3.05) is 0 Å². The van der Waals surface area contributed by atoms with Crippen LogP contribution in [0.3, 0.4) is 0 Å². The maximum absolute atomic E-state index is 12.5. The van der Waals surface area contributed by atoms with Gasteiger partial charge in [-0.2, -0.15) is 0 Å². The molecule has 0 atom stereocenters. The van der Waals surface area contributed by atoms with E-state index in [1.54, 1.807) is 0 Å². The fourth-order valence-electron chi connectivity index (χ4n) is 1.19. The van der Waals surface area contributed by atoms with Gasteiger partial charge in [0.15, 0.2) is 0 Å². The van der Waals surface area contributed by atoms with Crippen molar-refractivity contribution in [3.05, 3.63) is 26.6 Å². The number of hydrogen-bond acceptors (Lipinski definition) is 2. The van der Waals surface area contributed by atoms with E-state index in [2.05, 4.69) is 4.98 Å². The molecule has 0 aliphatic carbocycles. The first kappa shape index (κ1) is 13.6. The average Bonchev–Trinajstić information content (AvgIpc) is 2.19. The van der Waals surface area contributed by atoms with Crippen LogP contribution in [0.25, 0.3) is 0 Å². The van der Waals surface area contributed by atoms with Gasteiger partial charge < -0.3 is 5.11 Å². The maximum Gasteiger partial charge on any atom is 0.307 e. The molecular formula is C9H7ClF2INO2. The average molecular weight is 362 g/mol. The summed E-state index contributed by atoms with van der Waals surface area (Å²) in [6, 6.07) is 0. The largest absolute Gasteiger partial charge is 0.481 e. The Bertz CT molecular complexity index is 415. The first-order valence-corrected chi connectivity index (χ1v) is 5.80. The van der Waals surface area contributed by atoms with E-state index in [9.17, 15) is 13.6 Å². The Balaban J connectivity index is 3.23. The van der Waals surface area contributed by atoms with E-state index in [1.807, 2.05) is 22.6 Å². The minimum Gasteiger partial charge on any atom is -0.481 e. The number of halogens is 4. The van der Waals surface area contributed by atoms with Gasteiger partial charge in [-0.3, -0.25) is 9.78 Å². The number of carbonyl (C=O) groups is 1. The van der Waals surface area contributed by atoms with E-state index < -0.39 is 12.4 Å². The third-order valence-electron chi connectivity index (χ3n) is 1.90. The highest BCUT2D eigenvalue weighted by Crippen LogP contribution is 2.28. The van der Waals surface area contributed by atoms with Crippen LogP contribution in [0.2, 0.25) is 0 Å². The Hall–Kier alpha value is -0.500. The maximum atomic E-state index is 12.5. The fourth-order valence-corrected chi connectivity index (χ4v) is 2.48. The normalized spacial score (nSPS) is 10.8. The summed E-state index contributed by atoms with van der Waals surface area (Å²) in [4.78, 5) is 14.1. The van der Waals surface area contributed by atoms with Gasteiger partial charge in [-0.25, -0.2) is 8.78 Å². The highest BCUT2D eigenvalue weighted by molar-refractivity contribution is 14.1. The van der Waals surface area contributed by atoms with Crippen molar-refractivity contribution in [2.24, 2.45) is 0 Å². The second-order valence-electron chi connectivity index (χ2n) is 2.97. The number of rotatable bonds is 4. The van der Waals surface area contributed by atoms with E-state index in [4.69, 9.17) is 16.7 Å². The summed E-state index contributed by atoms with van der Waals surface area (Å²) in [6.45, 7) is 0. The molecule has 0 aliphatic heterocycles. The molecule has 0 amide bonds. The molecule has 0 unspecified atom stereocenters. The lowest BCUT2D eigenvalue weighted by Gasteiger charge is -2.10. The zero-order valence-electron chi connectivity index (χ0n) is 7.88. The number of alkyl halides is 3. The van der Waals surface area contributed by atoms with Crippen molar-refractivity contribution in [3.8, 4) is 0 Å². The number of pyridine rings is 1. The molecule has 0 aromatic carbocycles. The Kier molecular flexibility index (Phi) is 4.85. The van der Waals surface area contributed by atoms with Gasteiger partial charge >= 0.3 is 5.97 Å². The zero-order valence-corrected chi connectivity index (χ0v) is 10.8. The molecule has 0 fully saturated rings. The molecule has 7 heteroatoms. The standard InChI is InChI=1S/C9H7ClF2INO2/c10-2-5-7(13)4(1-6(15)16)3-14-8(5)9(11)12/h3,9H,1-2H2,(H,15,16). The van der Waals surface area contributed by atoms with Gasteiger partial charge in [0.2, 0.25) is 0 Å². The summed E-state index contributed by atoms with van der Waals surface area (Å²) < 4.78 is 25.5. The molecule has 3 nitrogen and oxygen atoms in total. The summed E-state index contributed by atoms with van der Waals surface area (Å²) >= 11 is 7.38. The number of carboxylic acids is 1. The SMILES string of the molecule is O=C(O)Cc1cnc(C(F)F)c(CCl)c1I. The second-order valence-corrected chi connectivity index (χ2v) is 4.31. The van der Waals surface area contributed by atoms with Crippen LogP contribution in [-0.2, 0) is 17.1 Å². The van der Waals surface area contributed by atoms with Crippen molar-refractivity contribution in [3.63, 3.8) is 0 Å². The molecular weight excluding hydrogens is 354 g/mol. The van der Waals surface area contributed by atoms with Gasteiger partial charge in [0.25, 0.3) is 6.43 Å². The Morgan fingerprint density at radius 2 is 2.25 bits per heavy atom. The quantitative estimate of drug-likeness (QED) is 0.662. The highest BCUT2D eigenvalue weighted by atomic mass is 127. The summed E-state index contributed by atoms with van der Waals surface area (Å²) in [7, 11) is 0. The fraction of sp³-hybridized carbons (Fsp3) is 0.333. The molecule has 16 heavy (non-hydrogen) atoms. The van der Waals surface area contributed by atoms with Crippen molar-refractivity contribution < 1.29 is 18.7 Å². The number of aliphatic carboxylic acids is 1. The third kappa shape index (κ3) is 3.00. The van der Waals surface area contributed by atoms with Crippen LogP contribution in [0.4, 0.5) is 8.78 Å². The van der Waals surface area contributed by atoms with Gasteiger partial charge in [0.05, 0.1) is 12.3 Å². The molecule has 88 valence electrons. The summed E-state index contributed by atoms with van der Waals surface area (Å²) in [5.74, 6) is -1.15. The summed E-state index contributed by atoms with van der Waals surface area (Å²) in [5, 5.41) is 8.62. The van der Waals surface area contributed by atoms with Gasteiger partial charge in [0, 0.05) is 15.3 Å². The first-order valence-electron chi connectivity index (χ1n) is 4.19. The Morgan fingerprint density at radius 3 is 2.69 bits per heavy atom. The molecule has 1 aromatic rings. The lowest BCUT2D eigenvalue weighted by atomic mass is 10.1. The molecule has 1 N–H and O–H groups in total. The number of nitrogens with zero attached hydrogens (tertiary/aromatic N) is 1. The second kappa shape index (κ2) is 5.72. The molecule has 0 saturated carbocycles. The van der Waals surface area contributed by atoms with Crippen molar-refractivity contribution in [2.45, 2.75) is 18.7 Å². The zero-order chi connectivity index (χ0) is 12.3. The van der Waals surface area contributed by atoms with Gasteiger partial charge in [-0.1, -0.05) is 0 Å². The number of aromatic nitrogens is 1. The first-order chi connectivity index (χ1) is 7.47. The monoisotopic (exact) mass is 361 g/mol. The lowest BCUT2D eigenvalue weighted by Crippen LogP contribution is -2.08. The number of hydrogen-bond donors (Lipinski definition) is 1. The topological polar surface area (TPSA) is 50.2 Å². The van der Waals surface area contributed by atoms with Crippen LogP contribution < -0.4 is 0 Å². The lowest BCUT2D eigenvalue weighted by molar-refractivity contribution is -0.136. The van der Waals surface area contributed by atoms with Gasteiger partial charge in [-0.05, 0) is 28.2 Å². The molecule has 0 saturated heterocycles. The molecule has 0 bridgehead atoms. The van der Waals surface area contributed by atoms with E-state index in [0.29, 0.717) is 9.13 Å². The van der Waals surface area contributed by atoms with Crippen LogP contribution in [-0.4, -0.2) is 16.1 Å². The predicted octanol–water partition coefficient (Wildman–Crippen LogP) is 2.99. The van der Waals surface area contributed by atoms with Crippen LogP contribution in [0, 0.1) is 3.57 Å². The third-order valence-corrected chi connectivity index (χ3v) is 3.51. The molecule has 0 spiro atoms. The number of carboxylic acid groups (broad SMARTS) is 1. The van der Waals surface area contributed by atoms with Gasteiger partial charge in [0.1, 0.15) is 5.69 Å².